The summed E-state index contributed by atoms with van der Waals surface area (Å²) in [5, 5.41) is 3.25. The zero-order chi connectivity index (χ0) is 13.7. The molecule has 3 nitrogen and oxygen atoms in total. The number of nitrogens with zero attached hydrogens (tertiary/aromatic N) is 2. The molecule has 2 rings (SSSR count). The molecule has 0 saturated carbocycles. The lowest BCUT2D eigenvalue weighted by atomic mass is 10.2. The lowest BCUT2D eigenvalue weighted by Crippen LogP contribution is -2.21. The minimum absolute atomic E-state index is 0.746. The normalized spacial score (nSPS) is 11.2. The van der Waals surface area contributed by atoms with Gasteiger partial charge in [0, 0.05) is 17.5 Å². The van der Waals surface area contributed by atoms with Gasteiger partial charge in [-0.2, -0.15) is 0 Å². The van der Waals surface area contributed by atoms with Gasteiger partial charge in [-0.3, -0.25) is 0 Å². The van der Waals surface area contributed by atoms with Crippen LogP contribution in [0, 0.1) is 6.92 Å². The molecular weight excluding hydrogens is 254 g/mol. The lowest BCUT2D eigenvalue weighted by molar-refractivity contribution is 0.321. The van der Waals surface area contributed by atoms with Crippen LogP contribution in [-0.4, -0.2) is 30.0 Å². The lowest BCUT2D eigenvalue weighted by Gasteiger charge is -2.13. The van der Waals surface area contributed by atoms with Gasteiger partial charge in [0.15, 0.2) is 0 Å². The molecule has 102 valence electrons. The fourth-order valence-electron chi connectivity index (χ4n) is 1.93. The second-order valence-electron chi connectivity index (χ2n) is 4.89. The third-order valence-corrected chi connectivity index (χ3v) is 3.97. The molecular formula is C15H21N3S. The number of nitrogens with two attached hydrogens (primary N) is 1. The third kappa shape index (κ3) is 4.13. The van der Waals surface area contributed by atoms with E-state index >= 15 is 0 Å². The van der Waals surface area contributed by atoms with Crippen molar-refractivity contribution in [3.8, 4) is 10.6 Å². The fraction of sp³-hybridized carbons (Fsp3) is 0.400. The van der Waals surface area contributed by atoms with Crippen molar-refractivity contribution in [3.63, 3.8) is 0 Å². The Morgan fingerprint density at radius 1 is 1.26 bits per heavy atom. The molecule has 4 heteroatoms. The molecule has 0 fully saturated rings. The van der Waals surface area contributed by atoms with E-state index in [1.54, 1.807) is 11.3 Å². The number of aromatic nitrogens is 1. The smallest absolute Gasteiger partial charge is 0.123 e. The van der Waals surface area contributed by atoms with Crippen LogP contribution in [0.15, 0.2) is 29.6 Å². The van der Waals surface area contributed by atoms with E-state index in [-0.39, 0.29) is 0 Å². The molecule has 0 atom stereocenters. The molecule has 0 aliphatic heterocycles. The SMILES string of the molecule is Cc1ccc(-c2nc(CN(C)CCCN)cs2)cc1. The quantitative estimate of drug-likeness (QED) is 0.881. The van der Waals surface area contributed by atoms with Crippen LogP contribution in [0.25, 0.3) is 10.6 Å². The monoisotopic (exact) mass is 275 g/mol. The molecule has 2 N–H and O–H groups in total. The summed E-state index contributed by atoms with van der Waals surface area (Å²) in [6, 6.07) is 8.53. The Kier molecular flexibility index (Phi) is 5.07. The van der Waals surface area contributed by atoms with Crippen LogP contribution >= 0.6 is 11.3 Å². The van der Waals surface area contributed by atoms with Gasteiger partial charge in [0.2, 0.25) is 0 Å². The Hall–Kier alpha value is -1.23. The van der Waals surface area contributed by atoms with Crippen LogP contribution in [0.5, 0.6) is 0 Å². The zero-order valence-electron chi connectivity index (χ0n) is 11.6. The van der Waals surface area contributed by atoms with Gasteiger partial charge >= 0.3 is 0 Å². The van der Waals surface area contributed by atoms with E-state index in [4.69, 9.17) is 10.7 Å². The fourth-order valence-corrected chi connectivity index (χ4v) is 2.74. The van der Waals surface area contributed by atoms with E-state index in [2.05, 4.69) is 48.5 Å². The first kappa shape index (κ1) is 14.2. The number of rotatable bonds is 6. The maximum Gasteiger partial charge on any atom is 0.123 e. The Labute approximate surface area is 119 Å². The predicted molar refractivity (Wildman–Crippen MR) is 82.3 cm³/mol. The second-order valence-corrected chi connectivity index (χ2v) is 5.75. The second kappa shape index (κ2) is 6.80. The van der Waals surface area contributed by atoms with Crippen molar-refractivity contribution < 1.29 is 0 Å². The zero-order valence-corrected chi connectivity index (χ0v) is 12.4. The first-order chi connectivity index (χ1) is 9.19. The standard InChI is InChI=1S/C15H21N3S/c1-12-4-6-13(7-5-12)15-17-14(11-19-15)10-18(2)9-3-8-16/h4-7,11H,3,8-10,16H2,1-2H3. The summed E-state index contributed by atoms with van der Waals surface area (Å²) in [6.07, 6.45) is 1.03. The summed E-state index contributed by atoms with van der Waals surface area (Å²) in [6.45, 7) is 4.76. The van der Waals surface area contributed by atoms with Gasteiger partial charge in [0.1, 0.15) is 5.01 Å². The molecule has 2 aromatic rings. The van der Waals surface area contributed by atoms with E-state index in [1.807, 2.05) is 0 Å². The van der Waals surface area contributed by atoms with Gasteiger partial charge in [-0.15, -0.1) is 11.3 Å². The Morgan fingerprint density at radius 3 is 2.68 bits per heavy atom. The molecule has 1 heterocycles. The van der Waals surface area contributed by atoms with Gasteiger partial charge in [-0.05, 0) is 33.5 Å². The van der Waals surface area contributed by atoms with E-state index in [9.17, 15) is 0 Å². The van der Waals surface area contributed by atoms with Gasteiger partial charge in [0.05, 0.1) is 5.69 Å². The molecule has 1 aromatic carbocycles. The van der Waals surface area contributed by atoms with Gasteiger partial charge < -0.3 is 10.6 Å². The van der Waals surface area contributed by atoms with Gasteiger partial charge in [-0.25, -0.2) is 4.98 Å². The number of hydrogen-bond donors (Lipinski definition) is 1. The molecule has 0 saturated heterocycles. The minimum Gasteiger partial charge on any atom is -0.330 e. The number of hydrogen-bond acceptors (Lipinski definition) is 4. The maximum atomic E-state index is 5.52. The molecule has 0 spiro atoms. The van der Waals surface area contributed by atoms with Crippen molar-refractivity contribution in [2.75, 3.05) is 20.1 Å². The highest BCUT2D eigenvalue weighted by Crippen LogP contribution is 2.24. The van der Waals surface area contributed by atoms with E-state index in [0.29, 0.717) is 0 Å². The Balaban J connectivity index is 2.00. The molecule has 0 unspecified atom stereocenters. The summed E-state index contributed by atoms with van der Waals surface area (Å²) in [4.78, 5) is 6.97. The topological polar surface area (TPSA) is 42.2 Å². The summed E-state index contributed by atoms with van der Waals surface area (Å²) in [5.74, 6) is 0. The highest BCUT2D eigenvalue weighted by molar-refractivity contribution is 7.13. The average Bonchev–Trinajstić information content (AvgIpc) is 2.85. The highest BCUT2D eigenvalue weighted by atomic mass is 32.1. The van der Waals surface area contributed by atoms with E-state index in [0.717, 1.165) is 36.8 Å². The van der Waals surface area contributed by atoms with Crippen molar-refractivity contribution >= 4 is 11.3 Å². The Bertz CT molecular complexity index is 504. The van der Waals surface area contributed by atoms with Gasteiger partial charge in [-0.1, -0.05) is 29.8 Å². The molecule has 0 aliphatic rings. The van der Waals surface area contributed by atoms with Crippen molar-refractivity contribution in [1.29, 1.82) is 0 Å². The van der Waals surface area contributed by atoms with Crippen LogP contribution in [-0.2, 0) is 6.54 Å². The summed E-state index contributed by atoms with van der Waals surface area (Å²) < 4.78 is 0. The van der Waals surface area contributed by atoms with Crippen molar-refractivity contribution in [3.05, 3.63) is 40.9 Å². The van der Waals surface area contributed by atoms with Crippen LogP contribution in [0.3, 0.4) is 0 Å². The van der Waals surface area contributed by atoms with Crippen LogP contribution in [0.2, 0.25) is 0 Å². The first-order valence-electron chi connectivity index (χ1n) is 6.59. The molecule has 0 radical (unpaired) electrons. The van der Waals surface area contributed by atoms with Crippen molar-refractivity contribution in [2.45, 2.75) is 19.9 Å². The maximum absolute atomic E-state index is 5.52. The molecule has 0 bridgehead atoms. The van der Waals surface area contributed by atoms with Crippen LogP contribution in [0.4, 0.5) is 0 Å². The number of thiazole rings is 1. The van der Waals surface area contributed by atoms with Gasteiger partial charge in [0.25, 0.3) is 0 Å². The highest BCUT2D eigenvalue weighted by Gasteiger charge is 2.06. The predicted octanol–water partition coefficient (Wildman–Crippen LogP) is 2.90. The van der Waals surface area contributed by atoms with Crippen LogP contribution < -0.4 is 5.73 Å². The Morgan fingerprint density at radius 2 is 2.00 bits per heavy atom. The molecule has 19 heavy (non-hydrogen) atoms. The minimum atomic E-state index is 0.746. The summed E-state index contributed by atoms with van der Waals surface area (Å²) in [7, 11) is 2.11. The van der Waals surface area contributed by atoms with Crippen LogP contribution in [0.1, 0.15) is 17.7 Å². The largest absolute Gasteiger partial charge is 0.330 e. The molecule has 1 aromatic heterocycles. The third-order valence-electron chi connectivity index (χ3n) is 3.03. The summed E-state index contributed by atoms with van der Waals surface area (Å²) in [5.41, 5.74) is 9.14. The van der Waals surface area contributed by atoms with E-state index < -0.39 is 0 Å². The van der Waals surface area contributed by atoms with Crippen molar-refractivity contribution in [1.82, 2.24) is 9.88 Å². The number of benzene rings is 1. The number of aryl methyl sites for hydroxylation is 1. The average molecular weight is 275 g/mol. The molecule has 0 amide bonds. The first-order valence-corrected chi connectivity index (χ1v) is 7.47. The summed E-state index contributed by atoms with van der Waals surface area (Å²) >= 11 is 1.71. The van der Waals surface area contributed by atoms with Crippen molar-refractivity contribution in [2.24, 2.45) is 5.73 Å². The van der Waals surface area contributed by atoms with E-state index in [1.165, 1.54) is 11.1 Å². The molecule has 0 aliphatic carbocycles.